The van der Waals surface area contributed by atoms with E-state index in [4.69, 9.17) is 0 Å². The maximum absolute atomic E-state index is 11.9. The summed E-state index contributed by atoms with van der Waals surface area (Å²) in [6, 6.07) is 9.83. The molecule has 0 heterocycles. The lowest BCUT2D eigenvalue weighted by Crippen LogP contribution is -2.42. The van der Waals surface area contributed by atoms with Crippen molar-refractivity contribution >= 4 is 16.8 Å². The summed E-state index contributed by atoms with van der Waals surface area (Å²) in [5, 5.41) is 6.33. The van der Waals surface area contributed by atoms with Gasteiger partial charge in [0.2, 0.25) is 0 Å². The highest BCUT2D eigenvalue weighted by molar-refractivity contribution is 7.85. The Morgan fingerprint density at radius 2 is 2.00 bits per heavy atom. The number of aliphatic imine (C=N–C) groups is 1. The molecule has 100 valence electrons. The molecule has 0 aliphatic rings. The van der Waals surface area contributed by atoms with Gasteiger partial charge in [0.25, 0.3) is 0 Å². The minimum absolute atomic E-state index is 0.329. The second-order valence-corrected chi connectivity index (χ2v) is 5.73. The van der Waals surface area contributed by atoms with Crippen molar-refractivity contribution in [2.45, 2.75) is 24.8 Å². The van der Waals surface area contributed by atoms with E-state index in [1.807, 2.05) is 30.3 Å². The third-order valence-corrected chi connectivity index (χ3v) is 3.61. The largest absolute Gasteiger partial charge is 0.355 e. The zero-order chi connectivity index (χ0) is 13.4. The quantitative estimate of drug-likeness (QED) is 0.626. The molecule has 0 aromatic heterocycles. The normalized spacial score (nSPS) is 13.4. The maximum atomic E-state index is 11.9. The fourth-order valence-corrected chi connectivity index (χ4v) is 2.40. The first-order valence-corrected chi connectivity index (χ1v) is 7.36. The van der Waals surface area contributed by atoms with Gasteiger partial charge in [-0.25, -0.2) is 0 Å². The number of nitrogens with zero attached hydrogens (tertiary/aromatic N) is 1. The van der Waals surface area contributed by atoms with Crippen LogP contribution >= 0.6 is 0 Å². The number of nitrogens with one attached hydrogen (secondary N) is 2. The molecule has 0 spiro atoms. The predicted molar refractivity (Wildman–Crippen MR) is 77.4 cm³/mol. The number of hydrogen-bond acceptors (Lipinski definition) is 2. The minimum Gasteiger partial charge on any atom is -0.355 e. The van der Waals surface area contributed by atoms with Crippen LogP contribution < -0.4 is 10.6 Å². The molecule has 0 saturated heterocycles. The predicted octanol–water partition coefficient (Wildman–Crippen LogP) is 1.37. The van der Waals surface area contributed by atoms with Crippen molar-refractivity contribution in [3.63, 3.8) is 0 Å². The molecule has 2 N–H and O–H groups in total. The van der Waals surface area contributed by atoms with Gasteiger partial charge in [-0.3, -0.25) is 9.20 Å². The van der Waals surface area contributed by atoms with Gasteiger partial charge < -0.3 is 10.6 Å². The highest BCUT2D eigenvalue weighted by Gasteiger charge is 2.04. The molecule has 1 aromatic rings. The lowest BCUT2D eigenvalue weighted by molar-refractivity contribution is 0.679. The highest BCUT2D eigenvalue weighted by atomic mass is 32.2. The van der Waals surface area contributed by atoms with E-state index in [1.54, 1.807) is 7.05 Å². The summed E-state index contributed by atoms with van der Waals surface area (Å²) in [6.45, 7) is 4.73. The number of rotatable bonds is 5. The van der Waals surface area contributed by atoms with Crippen LogP contribution in [0.1, 0.15) is 13.8 Å². The average Bonchev–Trinajstić information content (AvgIpc) is 2.38. The van der Waals surface area contributed by atoms with Crippen LogP contribution in [-0.4, -0.2) is 35.6 Å². The third kappa shape index (κ3) is 5.31. The van der Waals surface area contributed by atoms with Crippen molar-refractivity contribution in [1.82, 2.24) is 10.6 Å². The molecule has 0 radical (unpaired) electrons. The Hall–Kier alpha value is -1.36. The van der Waals surface area contributed by atoms with Crippen molar-refractivity contribution in [2.75, 3.05) is 19.3 Å². The molecule has 1 unspecified atom stereocenters. The van der Waals surface area contributed by atoms with E-state index in [-0.39, 0.29) is 0 Å². The van der Waals surface area contributed by atoms with Gasteiger partial charge in [-0.2, -0.15) is 0 Å². The van der Waals surface area contributed by atoms with E-state index in [0.717, 1.165) is 10.9 Å². The number of hydrogen-bond donors (Lipinski definition) is 2. The molecule has 4 nitrogen and oxygen atoms in total. The van der Waals surface area contributed by atoms with Gasteiger partial charge >= 0.3 is 0 Å². The first kappa shape index (κ1) is 14.7. The molecule has 1 rings (SSSR count). The summed E-state index contributed by atoms with van der Waals surface area (Å²) in [6.07, 6.45) is 0. The molecule has 0 aliphatic carbocycles. The Morgan fingerprint density at radius 3 is 2.56 bits per heavy atom. The van der Waals surface area contributed by atoms with Crippen LogP contribution in [0.3, 0.4) is 0 Å². The van der Waals surface area contributed by atoms with Crippen molar-refractivity contribution in [3.05, 3.63) is 30.3 Å². The maximum Gasteiger partial charge on any atom is 0.191 e. The van der Waals surface area contributed by atoms with Gasteiger partial charge in [0.05, 0.1) is 10.8 Å². The third-order valence-electron chi connectivity index (χ3n) is 2.24. The Labute approximate surface area is 111 Å². The summed E-state index contributed by atoms with van der Waals surface area (Å²) in [5.74, 6) is 1.32. The topological polar surface area (TPSA) is 53.5 Å². The van der Waals surface area contributed by atoms with E-state index in [1.165, 1.54) is 0 Å². The molecule has 1 atom stereocenters. The number of guanidine groups is 1. The molecule has 0 bridgehead atoms. The van der Waals surface area contributed by atoms with Crippen LogP contribution in [0.15, 0.2) is 40.2 Å². The van der Waals surface area contributed by atoms with Crippen molar-refractivity contribution < 1.29 is 4.21 Å². The summed E-state index contributed by atoms with van der Waals surface area (Å²) >= 11 is 0. The first-order valence-electron chi connectivity index (χ1n) is 6.04. The minimum atomic E-state index is -0.960. The fourth-order valence-electron chi connectivity index (χ4n) is 1.42. The molecule has 0 fully saturated rings. The van der Waals surface area contributed by atoms with Crippen LogP contribution in [0.2, 0.25) is 0 Å². The smallest absolute Gasteiger partial charge is 0.191 e. The Morgan fingerprint density at radius 1 is 1.33 bits per heavy atom. The zero-order valence-corrected chi connectivity index (χ0v) is 12.0. The number of benzene rings is 1. The molecule has 0 aliphatic heterocycles. The Bertz CT molecular complexity index is 404. The highest BCUT2D eigenvalue weighted by Crippen LogP contribution is 2.04. The van der Waals surface area contributed by atoms with Crippen LogP contribution in [0.4, 0.5) is 0 Å². The second-order valence-electron chi connectivity index (χ2n) is 4.16. The van der Waals surface area contributed by atoms with E-state index in [0.29, 0.717) is 18.3 Å². The van der Waals surface area contributed by atoms with E-state index in [9.17, 15) is 4.21 Å². The fraction of sp³-hybridized carbons (Fsp3) is 0.462. The summed E-state index contributed by atoms with van der Waals surface area (Å²) in [5.41, 5.74) is 0. The molecular formula is C13H21N3OS. The summed E-state index contributed by atoms with van der Waals surface area (Å²) < 4.78 is 11.9. The van der Waals surface area contributed by atoms with Gasteiger partial charge in [-0.05, 0) is 26.0 Å². The zero-order valence-electron chi connectivity index (χ0n) is 11.1. The molecule has 1 aromatic carbocycles. The van der Waals surface area contributed by atoms with Gasteiger partial charge in [0.1, 0.15) is 0 Å². The first-order chi connectivity index (χ1) is 8.63. The van der Waals surface area contributed by atoms with Crippen molar-refractivity contribution in [1.29, 1.82) is 0 Å². The van der Waals surface area contributed by atoms with Gasteiger partial charge in [0, 0.05) is 30.3 Å². The van der Waals surface area contributed by atoms with Gasteiger partial charge in [0.15, 0.2) is 5.96 Å². The van der Waals surface area contributed by atoms with Crippen LogP contribution in [-0.2, 0) is 10.8 Å². The van der Waals surface area contributed by atoms with Gasteiger partial charge in [-0.1, -0.05) is 18.2 Å². The van der Waals surface area contributed by atoms with E-state index in [2.05, 4.69) is 29.5 Å². The average molecular weight is 267 g/mol. The summed E-state index contributed by atoms with van der Waals surface area (Å²) in [4.78, 5) is 4.96. The molecular weight excluding hydrogens is 246 g/mol. The van der Waals surface area contributed by atoms with Crippen molar-refractivity contribution in [3.8, 4) is 0 Å². The lowest BCUT2D eigenvalue weighted by Gasteiger charge is -2.14. The molecule has 18 heavy (non-hydrogen) atoms. The van der Waals surface area contributed by atoms with Crippen LogP contribution in [0, 0.1) is 0 Å². The van der Waals surface area contributed by atoms with E-state index >= 15 is 0 Å². The Kier molecular flexibility index (Phi) is 6.43. The van der Waals surface area contributed by atoms with Crippen LogP contribution in [0.5, 0.6) is 0 Å². The standard InChI is InChI=1S/C13H21N3OS/c1-11(2)16-13(14-3)15-9-10-18(17)12-7-5-4-6-8-12/h4-8,11H,9-10H2,1-3H3,(H2,14,15,16). The molecule has 0 amide bonds. The monoisotopic (exact) mass is 267 g/mol. The lowest BCUT2D eigenvalue weighted by atomic mass is 10.4. The van der Waals surface area contributed by atoms with Gasteiger partial charge in [-0.15, -0.1) is 0 Å². The second kappa shape index (κ2) is 7.87. The van der Waals surface area contributed by atoms with E-state index < -0.39 is 10.8 Å². The van der Waals surface area contributed by atoms with Crippen LogP contribution in [0.25, 0.3) is 0 Å². The summed E-state index contributed by atoms with van der Waals surface area (Å²) in [7, 11) is 0.768. The molecule has 0 saturated carbocycles. The van der Waals surface area contributed by atoms with Crippen molar-refractivity contribution in [2.24, 2.45) is 4.99 Å². The SMILES string of the molecule is CN=C(NCCS(=O)c1ccccc1)NC(C)C. The molecule has 5 heteroatoms. The Balaban J connectivity index is 2.36.